The Bertz CT molecular complexity index is 416. The standard InChI is InChI=1S/C19H32N2/c1-4-6-12-21(13-7-5-2)19-11-8-17(14-16(19)3)15-20-18-9-10-18/h8,11,14,18,20H,4-7,9-10,12-13,15H2,1-3H3. The molecule has 2 heteroatoms. The van der Waals surface area contributed by atoms with Crippen LogP contribution in [0.1, 0.15) is 63.5 Å². The third-order valence-corrected chi connectivity index (χ3v) is 4.34. The minimum Gasteiger partial charge on any atom is -0.371 e. The van der Waals surface area contributed by atoms with Crippen molar-refractivity contribution < 1.29 is 0 Å². The molecule has 0 saturated heterocycles. The van der Waals surface area contributed by atoms with Crippen molar-refractivity contribution in [3.8, 4) is 0 Å². The van der Waals surface area contributed by atoms with E-state index in [1.54, 1.807) is 0 Å². The maximum Gasteiger partial charge on any atom is 0.0396 e. The van der Waals surface area contributed by atoms with E-state index < -0.39 is 0 Å². The van der Waals surface area contributed by atoms with Gasteiger partial charge in [0, 0.05) is 31.4 Å². The summed E-state index contributed by atoms with van der Waals surface area (Å²) in [5.74, 6) is 0. The third-order valence-electron chi connectivity index (χ3n) is 4.34. The topological polar surface area (TPSA) is 15.3 Å². The molecule has 0 spiro atoms. The second-order valence-electron chi connectivity index (χ2n) is 6.47. The first-order valence-electron chi connectivity index (χ1n) is 8.82. The number of nitrogens with one attached hydrogen (secondary N) is 1. The summed E-state index contributed by atoms with van der Waals surface area (Å²) in [4.78, 5) is 2.58. The molecule has 1 aromatic rings. The van der Waals surface area contributed by atoms with E-state index in [9.17, 15) is 0 Å². The van der Waals surface area contributed by atoms with Crippen LogP contribution in [0.5, 0.6) is 0 Å². The van der Waals surface area contributed by atoms with Crippen LogP contribution in [-0.2, 0) is 6.54 Å². The zero-order chi connectivity index (χ0) is 15.1. The predicted molar refractivity (Wildman–Crippen MR) is 93.1 cm³/mol. The van der Waals surface area contributed by atoms with Gasteiger partial charge >= 0.3 is 0 Å². The van der Waals surface area contributed by atoms with Crippen LogP contribution in [0.15, 0.2) is 18.2 Å². The Morgan fingerprint density at radius 3 is 2.29 bits per heavy atom. The Balaban J connectivity index is 1.99. The number of benzene rings is 1. The molecule has 1 aliphatic rings. The van der Waals surface area contributed by atoms with Crippen LogP contribution in [0.4, 0.5) is 5.69 Å². The summed E-state index contributed by atoms with van der Waals surface area (Å²) in [5.41, 5.74) is 4.29. The largest absolute Gasteiger partial charge is 0.371 e. The molecule has 0 unspecified atom stereocenters. The number of hydrogen-bond acceptors (Lipinski definition) is 2. The summed E-state index contributed by atoms with van der Waals surface area (Å²) in [5, 5.41) is 3.60. The Labute approximate surface area is 130 Å². The average Bonchev–Trinajstić information content (AvgIpc) is 3.30. The molecule has 2 rings (SSSR count). The van der Waals surface area contributed by atoms with Crippen LogP contribution in [0.25, 0.3) is 0 Å². The van der Waals surface area contributed by atoms with E-state index >= 15 is 0 Å². The summed E-state index contributed by atoms with van der Waals surface area (Å²) >= 11 is 0. The van der Waals surface area contributed by atoms with Gasteiger partial charge in [-0.05, 0) is 49.8 Å². The van der Waals surface area contributed by atoms with E-state index in [2.05, 4.69) is 49.2 Å². The maximum atomic E-state index is 3.60. The van der Waals surface area contributed by atoms with Crippen molar-refractivity contribution in [3.05, 3.63) is 29.3 Å². The van der Waals surface area contributed by atoms with Crippen molar-refractivity contribution in [2.24, 2.45) is 0 Å². The van der Waals surface area contributed by atoms with Crippen LogP contribution < -0.4 is 10.2 Å². The smallest absolute Gasteiger partial charge is 0.0396 e. The van der Waals surface area contributed by atoms with Gasteiger partial charge in [-0.3, -0.25) is 0 Å². The molecule has 1 fully saturated rings. The molecule has 0 heterocycles. The fourth-order valence-electron chi connectivity index (χ4n) is 2.78. The lowest BCUT2D eigenvalue weighted by atomic mass is 10.1. The van der Waals surface area contributed by atoms with Gasteiger partial charge < -0.3 is 10.2 Å². The fourth-order valence-corrected chi connectivity index (χ4v) is 2.78. The lowest BCUT2D eigenvalue weighted by Crippen LogP contribution is -2.26. The SMILES string of the molecule is CCCCN(CCCC)c1ccc(CNC2CC2)cc1C. The predicted octanol–water partition coefficient (Wildman–Crippen LogP) is 4.65. The molecule has 0 amide bonds. The number of anilines is 1. The highest BCUT2D eigenvalue weighted by Crippen LogP contribution is 2.24. The van der Waals surface area contributed by atoms with Crippen LogP contribution in [-0.4, -0.2) is 19.1 Å². The van der Waals surface area contributed by atoms with Gasteiger partial charge in [0.15, 0.2) is 0 Å². The van der Waals surface area contributed by atoms with E-state index in [1.165, 1.54) is 68.4 Å². The van der Waals surface area contributed by atoms with Crippen molar-refractivity contribution in [1.82, 2.24) is 5.32 Å². The van der Waals surface area contributed by atoms with E-state index in [0.29, 0.717) is 0 Å². The fraction of sp³-hybridized carbons (Fsp3) is 0.684. The Hall–Kier alpha value is -1.02. The van der Waals surface area contributed by atoms with Gasteiger partial charge in [0.05, 0.1) is 0 Å². The van der Waals surface area contributed by atoms with Crippen LogP contribution >= 0.6 is 0 Å². The van der Waals surface area contributed by atoms with Crippen molar-refractivity contribution in [2.75, 3.05) is 18.0 Å². The van der Waals surface area contributed by atoms with Crippen molar-refractivity contribution in [1.29, 1.82) is 0 Å². The number of nitrogens with zero attached hydrogens (tertiary/aromatic N) is 1. The number of hydrogen-bond donors (Lipinski definition) is 1. The second-order valence-corrected chi connectivity index (χ2v) is 6.47. The first kappa shape index (κ1) is 16.4. The molecule has 0 aliphatic heterocycles. The molecule has 1 N–H and O–H groups in total. The van der Waals surface area contributed by atoms with Crippen molar-refractivity contribution >= 4 is 5.69 Å². The Kier molecular flexibility index (Phi) is 6.56. The zero-order valence-corrected chi connectivity index (χ0v) is 14.1. The molecular formula is C19H32N2. The quantitative estimate of drug-likeness (QED) is 0.674. The van der Waals surface area contributed by atoms with Gasteiger partial charge in [0.2, 0.25) is 0 Å². The number of aryl methyl sites for hydroxylation is 1. The van der Waals surface area contributed by atoms with Gasteiger partial charge in [-0.15, -0.1) is 0 Å². The summed E-state index contributed by atoms with van der Waals surface area (Å²) in [6.07, 6.45) is 7.83. The van der Waals surface area contributed by atoms with E-state index in [4.69, 9.17) is 0 Å². The van der Waals surface area contributed by atoms with Crippen molar-refractivity contribution in [3.63, 3.8) is 0 Å². The van der Waals surface area contributed by atoms with Crippen LogP contribution in [0, 0.1) is 6.92 Å². The lowest BCUT2D eigenvalue weighted by molar-refractivity contribution is 0.674. The van der Waals surface area contributed by atoms with Crippen LogP contribution in [0.3, 0.4) is 0 Å². The van der Waals surface area contributed by atoms with E-state index in [1.807, 2.05) is 0 Å². The molecule has 118 valence electrons. The molecule has 0 radical (unpaired) electrons. The molecule has 0 atom stereocenters. The average molecular weight is 288 g/mol. The molecule has 2 nitrogen and oxygen atoms in total. The Morgan fingerprint density at radius 2 is 1.76 bits per heavy atom. The maximum absolute atomic E-state index is 3.60. The molecule has 21 heavy (non-hydrogen) atoms. The van der Waals surface area contributed by atoms with Crippen LogP contribution in [0.2, 0.25) is 0 Å². The zero-order valence-electron chi connectivity index (χ0n) is 14.1. The highest BCUT2D eigenvalue weighted by Gasteiger charge is 2.20. The van der Waals surface area contributed by atoms with Gasteiger partial charge in [0.1, 0.15) is 0 Å². The highest BCUT2D eigenvalue weighted by atomic mass is 15.1. The normalized spacial score (nSPS) is 14.4. The van der Waals surface area contributed by atoms with E-state index in [-0.39, 0.29) is 0 Å². The molecule has 1 aliphatic carbocycles. The van der Waals surface area contributed by atoms with Gasteiger partial charge in [-0.25, -0.2) is 0 Å². The number of unbranched alkanes of at least 4 members (excludes halogenated alkanes) is 2. The minimum atomic E-state index is 0.788. The molecule has 0 aromatic heterocycles. The van der Waals surface area contributed by atoms with Gasteiger partial charge in [-0.1, -0.05) is 38.8 Å². The summed E-state index contributed by atoms with van der Waals surface area (Å²) in [6, 6.07) is 7.80. The minimum absolute atomic E-state index is 0.788. The first-order valence-corrected chi connectivity index (χ1v) is 8.82. The first-order chi connectivity index (χ1) is 10.2. The molecule has 1 saturated carbocycles. The molecule has 0 bridgehead atoms. The van der Waals surface area contributed by atoms with Gasteiger partial charge in [0.25, 0.3) is 0 Å². The van der Waals surface area contributed by atoms with Crippen molar-refractivity contribution in [2.45, 2.75) is 71.9 Å². The summed E-state index contributed by atoms with van der Waals surface area (Å²) in [7, 11) is 0. The monoisotopic (exact) mass is 288 g/mol. The van der Waals surface area contributed by atoms with E-state index in [0.717, 1.165) is 12.6 Å². The molecular weight excluding hydrogens is 256 g/mol. The number of rotatable bonds is 10. The van der Waals surface area contributed by atoms with Gasteiger partial charge in [-0.2, -0.15) is 0 Å². The highest BCUT2D eigenvalue weighted by molar-refractivity contribution is 5.54. The Morgan fingerprint density at radius 1 is 1.10 bits per heavy atom. The third kappa shape index (κ3) is 5.35. The summed E-state index contributed by atoms with van der Waals surface area (Å²) < 4.78 is 0. The second kappa shape index (κ2) is 8.43. The molecule has 1 aromatic carbocycles. The lowest BCUT2D eigenvalue weighted by Gasteiger charge is -2.27. The summed E-state index contributed by atoms with van der Waals surface area (Å²) in [6.45, 7) is 10.2.